The number of nitrogens with zero attached hydrogens (tertiary/aromatic N) is 2. The van der Waals surface area contributed by atoms with Crippen molar-refractivity contribution in [1.82, 2.24) is 8.97 Å². The highest BCUT2D eigenvalue weighted by atomic mass is 16.1. The Kier molecular flexibility index (Phi) is 5.56. The van der Waals surface area contributed by atoms with E-state index in [1.54, 1.807) is 16.0 Å². The van der Waals surface area contributed by atoms with Crippen LogP contribution in [0.2, 0.25) is 0 Å². The lowest BCUT2D eigenvalue weighted by Crippen LogP contribution is -2.22. The molecule has 0 saturated heterocycles. The molecule has 45 heavy (non-hydrogen) atoms. The molecule has 0 N–H and O–H groups in total. The quantitative estimate of drug-likeness (QED) is 0.192. The van der Waals surface area contributed by atoms with Crippen molar-refractivity contribution in [1.29, 1.82) is 0 Å². The Balaban J connectivity index is 1.41. The van der Waals surface area contributed by atoms with Crippen LogP contribution in [-0.4, -0.2) is 8.97 Å². The lowest BCUT2D eigenvalue weighted by molar-refractivity contribution is 0.791. The van der Waals surface area contributed by atoms with Crippen LogP contribution in [0.25, 0.3) is 82.0 Å². The number of aromatic nitrogens is 2. The van der Waals surface area contributed by atoms with Gasteiger partial charge in [0.05, 0.1) is 5.52 Å². The molecule has 3 nitrogen and oxygen atoms in total. The predicted molar refractivity (Wildman–Crippen MR) is 189 cm³/mol. The van der Waals surface area contributed by atoms with Crippen LogP contribution in [0.4, 0.5) is 0 Å². The molecule has 212 valence electrons. The fraction of sp³-hybridized carbons (Fsp3) is 0.0238. The lowest BCUT2D eigenvalue weighted by Gasteiger charge is -2.19. The molecule has 0 aliphatic carbocycles. The van der Waals surface area contributed by atoms with Crippen molar-refractivity contribution in [3.8, 4) is 33.4 Å². The summed E-state index contributed by atoms with van der Waals surface area (Å²) in [6.07, 6.45) is 3.72. The summed E-state index contributed by atoms with van der Waals surface area (Å²) >= 11 is 0. The van der Waals surface area contributed by atoms with Crippen molar-refractivity contribution in [3.05, 3.63) is 162 Å². The molecule has 9 aromatic rings. The third-order valence-corrected chi connectivity index (χ3v) is 9.30. The van der Waals surface area contributed by atoms with Crippen LogP contribution in [0.1, 0.15) is 0 Å². The first-order chi connectivity index (χ1) is 22.1. The van der Waals surface area contributed by atoms with Gasteiger partial charge in [0, 0.05) is 25.0 Å². The average molecular weight is 577 g/mol. The maximum Gasteiger partial charge on any atom is 0.332 e. The monoisotopic (exact) mass is 576 g/mol. The van der Waals surface area contributed by atoms with E-state index in [2.05, 4.69) is 133 Å². The fourth-order valence-electron chi connectivity index (χ4n) is 7.10. The molecule has 0 atom stereocenters. The normalized spacial score (nSPS) is 11.8. The summed E-state index contributed by atoms with van der Waals surface area (Å²) < 4.78 is 3.33. The maximum absolute atomic E-state index is 12.9. The van der Waals surface area contributed by atoms with E-state index in [9.17, 15) is 4.79 Å². The molecule has 2 heterocycles. The lowest BCUT2D eigenvalue weighted by atomic mass is 9.84. The predicted octanol–water partition coefficient (Wildman–Crippen LogP) is 10.3. The Labute approximate surface area is 259 Å². The minimum absolute atomic E-state index is 0.0547. The van der Waals surface area contributed by atoms with Gasteiger partial charge in [-0.3, -0.25) is 4.40 Å². The van der Waals surface area contributed by atoms with Crippen molar-refractivity contribution >= 4 is 48.6 Å². The summed E-state index contributed by atoms with van der Waals surface area (Å²) in [4.78, 5) is 12.9. The zero-order valence-electron chi connectivity index (χ0n) is 24.7. The molecule has 0 fully saturated rings. The van der Waals surface area contributed by atoms with Crippen LogP contribution in [0.15, 0.2) is 157 Å². The maximum atomic E-state index is 12.9. The molecule has 7 aromatic carbocycles. The summed E-state index contributed by atoms with van der Waals surface area (Å²) in [7, 11) is 1.78. The van der Waals surface area contributed by atoms with Gasteiger partial charge in [0.2, 0.25) is 0 Å². The zero-order valence-corrected chi connectivity index (χ0v) is 24.7. The van der Waals surface area contributed by atoms with Crippen LogP contribution < -0.4 is 5.69 Å². The number of hydrogen-bond acceptors (Lipinski definition) is 1. The van der Waals surface area contributed by atoms with Gasteiger partial charge >= 0.3 is 5.69 Å². The van der Waals surface area contributed by atoms with Gasteiger partial charge in [0.1, 0.15) is 0 Å². The van der Waals surface area contributed by atoms with Gasteiger partial charge in [-0.25, -0.2) is 4.79 Å². The molecule has 0 aliphatic rings. The van der Waals surface area contributed by atoms with Gasteiger partial charge in [0.25, 0.3) is 0 Å². The number of aryl methyl sites for hydroxylation is 1. The fourth-order valence-corrected chi connectivity index (χ4v) is 7.10. The highest BCUT2D eigenvalue weighted by Crippen LogP contribution is 2.46. The molecule has 2 aromatic heterocycles. The van der Waals surface area contributed by atoms with Gasteiger partial charge < -0.3 is 4.57 Å². The first-order valence-electron chi connectivity index (χ1n) is 15.3. The summed E-state index contributed by atoms with van der Waals surface area (Å²) in [5.41, 5.74) is 7.81. The van der Waals surface area contributed by atoms with Crippen LogP contribution in [-0.2, 0) is 7.05 Å². The molecule has 0 saturated carbocycles. The van der Waals surface area contributed by atoms with Gasteiger partial charge in [0.15, 0.2) is 0 Å². The Morgan fingerprint density at radius 2 is 0.978 bits per heavy atom. The van der Waals surface area contributed by atoms with Gasteiger partial charge in [-0.1, -0.05) is 109 Å². The third-order valence-electron chi connectivity index (χ3n) is 9.30. The number of hydrogen-bond donors (Lipinski definition) is 0. The molecule has 0 aliphatic heterocycles. The minimum Gasteiger partial charge on any atom is -0.303 e. The molecule has 0 amide bonds. The first-order valence-corrected chi connectivity index (χ1v) is 15.3. The van der Waals surface area contributed by atoms with E-state index >= 15 is 0 Å². The van der Waals surface area contributed by atoms with E-state index in [0.717, 1.165) is 16.6 Å². The summed E-state index contributed by atoms with van der Waals surface area (Å²) in [6, 6.07) is 50.4. The van der Waals surface area contributed by atoms with E-state index in [1.165, 1.54) is 65.3 Å². The highest BCUT2D eigenvalue weighted by molar-refractivity contribution is 6.22. The van der Waals surface area contributed by atoms with Crippen molar-refractivity contribution in [2.24, 2.45) is 7.05 Å². The molecule has 0 unspecified atom stereocenters. The molecule has 0 bridgehead atoms. The third kappa shape index (κ3) is 3.94. The topological polar surface area (TPSA) is 26.4 Å². The van der Waals surface area contributed by atoms with Crippen molar-refractivity contribution < 1.29 is 0 Å². The summed E-state index contributed by atoms with van der Waals surface area (Å²) in [5.74, 6) is 0. The van der Waals surface area contributed by atoms with Crippen LogP contribution in [0.5, 0.6) is 0 Å². The van der Waals surface area contributed by atoms with E-state index < -0.39 is 0 Å². The molecular weight excluding hydrogens is 548 g/mol. The highest BCUT2D eigenvalue weighted by Gasteiger charge is 2.19. The second kappa shape index (κ2) is 9.80. The molecule has 3 heteroatoms. The molecule has 0 spiro atoms. The van der Waals surface area contributed by atoms with Crippen molar-refractivity contribution in [2.75, 3.05) is 0 Å². The summed E-state index contributed by atoms with van der Waals surface area (Å²) in [6.45, 7) is 0. The number of fused-ring (bicyclic) bond motifs is 5. The van der Waals surface area contributed by atoms with Gasteiger partial charge in [-0.05, 0) is 101 Å². The molecule has 9 rings (SSSR count). The molecule has 0 radical (unpaired) electrons. The smallest absolute Gasteiger partial charge is 0.303 e. The second-order valence-corrected chi connectivity index (χ2v) is 11.9. The van der Waals surface area contributed by atoms with E-state index in [-0.39, 0.29) is 5.69 Å². The van der Waals surface area contributed by atoms with E-state index in [0.29, 0.717) is 0 Å². The van der Waals surface area contributed by atoms with Gasteiger partial charge in [-0.15, -0.1) is 0 Å². The van der Waals surface area contributed by atoms with Crippen molar-refractivity contribution in [2.45, 2.75) is 0 Å². The van der Waals surface area contributed by atoms with E-state index in [4.69, 9.17) is 0 Å². The number of benzene rings is 7. The molecular formula is C42H28N2O. The first kappa shape index (κ1) is 25.6. The van der Waals surface area contributed by atoms with E-state index in [1.807, 2.05) is 18.5 Å². The number of rotatable bonds is 3. The van der Waals surface area contributed by atoms with Crippen LogP contribution >= 0.6 is 0 Å². The summed E-state index contributed by atoms with van der Waals surface area (Å²) in [5, 5.41) is 9.75. The Bertz CT molecular complexity index is 2690. The van der Waals surface area contributed by atoms with Gasteiger partial charge in [-0.2, -0.15) is 0 Å². The zero-order chi connectivity index (χ0) is 30.1. The van der Waals surface area contributed by atoms with Crippen molar-refractivity contribution in [3.63, 3.8) is 0 Å². The Morgan fingerprint density at radius 3 is 1.62 bits per heavy atom. The SMILES string of the molecule is Cn1ccc2c(-c3ccc4c(-c5ccc6ccccc6c5)c5ccccc5c(-c5ccc6ccccc6c5)c4c3)ccn2c1=O. The Hall–Kier alpha value is -5.93. The van der Waals surface area contributed by atoms with Crippen LogP contribution in [0, 0.1) is 0 Å². The average Bonchev–Trinajstić information content (AvgIpc) is 3.53. The largest absolute Gasteiger partial charge is 0.332 e. The second-order valence-electron chi connectivity index (χ2n) is 11.9. The van der Waals surface area contributed by atoms with Crippen LogP contribution in [0.3, 0.4) is 0 Å². The Morgan fingerprint density at radius 1 is 0.444 bits per heavy atom. The standard InChI is InChI=1S/C42H28N2O/c1-43-22-21-39-34(20-23-44(39)42(43)45)31-18-19-37-38(26-31)41(33-17-15-28-9-3-5-11-30(28)25-33)36-13-7-6-12-35(36)40(37)32-16-14-27-8-2-4-10-29(27)24-32/h2-26H,1H3. The minimum atomic E-state index is -0.0547.